The van der Waals surface area contributed by atoms with Crippen molar-refractivity contribution in [3.05, 3.63) is 42.6 Å². The lowest BCUT2D eigenvalue weighted by Gasteiger charge is -2.36. The molecule has 0 aliphatic rings. The van der Waals surface area contributed by atoms with E-state index in [4.69, 9.17) is 14.9 Å². The molecule has 156 valence electrons. The number of anilines is 1. The molecule has 3 aromatic rings. The third-order valence-corrected chi connectivity index (χ3v) is 10.0. The molecule has 0 unspecified atom stereocenters. The summed E-state index contributed by atoms with van der Waals surface area (Å²) in [6.07, 6.45) is 4.20. The summed E-state index contributed by atoms with van der Waals surface area (Å²) < 4.78 is 28.2. The highest BCUT2D eigenvalue weighted by atomic mass is 28.4. The Balaban J connectivity index is 1.75. The zero-order valence-electron chi connectivity index (χ0n) is 17.7. The number of hydrogen-bond donors (Lipinski definition) is 1. The van der Waals surface area contributed by atoms with Gasteiger partial charge in [0.2, 0.25) is 5.88 Å². The molecule has 8 heteroatoms. The minimum absolute atomic E-state index is 0.0770. The van der Waals surface area contributed by atoms with E-state index in [0.717, 1.165) is 24.0 Å². The molecular formula is C21H29FN4O2Si. The Morgan fingerprint density at radius 3 is 2.62 bits per heavy atom. The summed E-state index contributed by atoms with van der Waals surface area (Å²) in [4.78, 5) is 8.51. The standard InChI is InChI=1S/C21H29FN4O2Si/c1-21(2,3)29(4,5)27-12-6-10-26-11-9-17-19(26)20(25-14-24-17)28-18-8-7-15(23)13-16(18)22/h7-9,11,13-14H,6,10,12,23H2,1-5H3. The molecule has 0 aliphatic carbocycles. The first-order chi connectivity index (χ1) is 13.6. The number of ether oxygens (including phenoxy) is 1. The van der Waals surface area contributed by atoms with Gasteiger partial charge in [0.25, 0.3) is 0 Å². The number of aryl methyl sites for hydroxylation is 1. The van der Waals surface area contributed by atoms with Crippen molar-refractivity contribution >= 4 is 25.0 Å². The van der Waals surface area contributed by atoms with Gasteiger partial charge in [0.1, 0.15) is 11.8 Å². The molecule has 0 bridgehead atoms. The van der Waals surface area contributed by atoms with E-state index >= 15 is 0 Å². The number of hydrogen-bond acceptors (Lipinski definition) is 5. The fourth-order valence-corrected chi connectivity index (χ4v) is 3.83. The lowest BCUT2D eigenvalue weighted by Crippen LogP contribution is -2.41. The van der Waals surface area contributed by atoms with Gasteiger partial charge in [-0.1, -0.05) is 20.8 Å². The minimum atomic E-state index is -1.76. The molecule has 0 saturated heterocycles. The number of halogens is 1. The predicted molar refractivity (Wildman–Crippen MR) is 116 cm³/mol. The Morgan fingerprint density at radius 2 is 1.93 bits per heavy atom. The molecule has 3 rings (SSSR count). The lowest BCUT2D eigenvalue weighted by molar-refractivity contribution is 0.275. The quantitative estimate of drug-likeness (QED) is 0.319. The SMILES string of the molecule is CC(C)(C)[Si](C)(C)OCCCn1ccc2ncnc(Oc3ccc(N)cc3F)c21. The molecule has 6 nitrogen and oxygen atoms in total. The first-order valence-electron chi connectivity index (χ1n) is 9.75. The van der Waals surface area contributed by atoms with Crippen LogP contribution in [0, 0.1) is 5.82 Å². The molecule has 2 aromatic heterocycles. The Hall–Kier alpha value is -2.45. The molecule has 0 aliphatic heterocycles. The van der Waals surface area contributed by atoms with Gasteiger partial charge in [0.05, 0.1) is 5.52 Å². The number of fused-ring (bicyclic) bond motifs is 1. The topological polar surface area (TPSA) is 75.2 Å². The Kier molecular flexibility index (Phi) is 5.95. The van der Waals surface area contributed by atoms with E-state index in [1.54, 1.807) is 6.07 Å². The van der Waals surface area contributed by atoms with Crippen molar-refractivity contribution in [2.75, 3.05) is 12.3 Å². The van der Waals surface area contributed by atoms with Crippen molar-refractivity contribution in [2.24, 2.45) is 0 Å². The molecule has 0 amide bonds. The number of nitrogens with two attached hydrogens (primary N) is 1. The highest BCUT2D eigenvalue weighted by molar-refractivity contribution is 6.74. The van der Waals surface area contributed by atoms with Crippen LogP contribution < -0.4 is 10.5 Å². The zero-order chi connectivity index (χ0) is 21.2. The normalized spacial score (nSPS) is 12.5. The van der Waals surface area contributed by atoms with Crippen LogP contribution in [-0.2, 0) is 11.0 Å². The van der Waals surface area contributed by atoms with Crippen LogP contribution in [0.3, 0.4) is 0 Å². The van der Waals surface area contributed by atoms with E-state index in [1.165, 1.54) is 18.5 Å². The summed E-state index contributed by atoms with van der Waals surface area (Å²) in [6, 6.07) is 6.22. The van der Waals surface area contributed by atoms with E-state index in [1.807, 2.05) is 16.8 Å². The molecule has 29 heavy (non-hydrogen) atoms. The Labute approximate surface area is 172 Å². The maximum absolute atomic E-state index is 14.2. The van der Waals surface area contributed by atoms with Gasteiger partial charge in [-0.05, 0) is 42.8 Å². The summed E-state index contributed by atoms with van der Waals surface area (Å²) in [5.74, 6) is -0.139. The molecule has 1 aromatic carbocycles. The van der Waals surface area contributed by atoms with Gasteiger partial charge in [0.15, 0.2) is 19.9 Å². The van der Waals surface area contributed by atoms with Crippen molar-refractivity contribution in [3.63, 3.8) is 0 Å². The first kappa shape index (κ1) is 21.3. The number of nitrogen functional groups attached to an aromatic ring is 1. The van der Waals surface area contributed by atoms with E-state index in [-0.39, 0.29) is 10.8 Å². The molecule has 2 N–H and O–H groups in total. The van der Waals surface area contributed by atoms with E-state index in [9.17, 15) is 4.39 Å². The summed E-state index contributed by atoms with van der Waals surface area (Å²) >= 11 is 0. The van der Waals surface area contributed by atoms with Crippen molar-refractivity contribution in [1.29, 1.82) is 0 Å². The van der Waals surface area contributed by atoms with Gasteiger partial charge in [-0.2, -0.15) is 4.98 Å². The molecule has 0 atom stereocenters. The Morgan fingerprint density at radius 1 is 1.17 bits per heavy atom. The number of rotatable bonds is 7. The largest absolute Gasteiger partial charge is 0.434 e. The average molecular weight is 417 g/mol. The van der Waals surface area contributed by atoms with E-state index in [0.29, 0.717) is 18.2 Å². The van der Waals surface area contributed by atoms with Crippen molar-refractivity contribution in [2.45, 2.75) is 51.9 Å². The number of nitrogens with zero attached hydrogens (tertiary/aromatic N) is 3. The van der Waals surface area contributed by atoms with Crippen LogP contribution >= 0.6 is 0 Å². The second-order valence-electron chi connectivity index (χ2n) is 8.68. The van der Waals surface area contributed by atoms with Crippen LogP contribution in [-0.4, -0.2) is 29.5 Å². The molecule has 0 fully saturated rings. The van der Waals surface area contributed by atoms with Gasteiger partial charge in [-0.15, -0.1) is 0 Å². The summed E-state index contributed by atoms with van der Waals surface area (Å²) in [7, 11) is -1.76. The molecule has 0 spiro atoms. The second kappa shape index (κ2) is 8.12. The smallest absolute Gasteiger partial charge is 0.247 e. The van der Waals surface area contributed by atoms with Crippen LogP contribution in [0.2, 0.25) is 18.1 Å². The molecule has 2 heterocycles. The van der Waals surface area contributed by atoms with Crippen LogP contribution in [0.4, 0.5) is 10.1 Å². The van der Waals surface area contributed by atoms with Crippen LogP contribution in [0.5, 0.6) is 11.6 Å². The fraction of sp³-hybridized carbons (Fsp3) is 0.429. The highest BCUT2D eigenvalue weighted by Gasteiger charge is 2.36. The van der Waals surface area contributed by atoms with Crippen LogP contribution in [0.15, 0.2) is 36.8 Å². The predicted octanol–water partition coefficient (Wildman–Crippen LogP) is 5.36. The van der Waals surface area contributed by atoms with Crippen LogP contribution in [0.25, 0.3) is 11.0 Å². The monoisotopic (exact) mass is 416 g/mol. The molecule has 0 saturated carbocycles. The maximum atomic E-state index is 14.2. The average Bonchev–Trinajstić information content (AvgIpc) is 3.04. The van der Waals surface area contributed by atoms with E-state index in [2.05, 4.69) is 43.8 Å². The first-order valence-corrected chi connectivity index (χ1v) is 12.7. The van der Waals surface area contributed by atoms with Gasteiger partial charge in [0, 0.05) is 31.1 Å². The highest BCUT2D eigenvalue weighted by Crippen LogP contribution is 2.36. The van der Waals surface area contributed by atoms with Gasteiger partial charge < -0.3 is 19.5 Å². The van der Waals surface area contributed by atoms with Gasteiger partial charge >= 0.3 is 0 Å². The zero-order valence-corrected chi connectivity index (χ0v) is 18.7. The van der Waals surface area contributed by atoms with Gasteiger partial charge in [-0.3, -0.25) is 0 Å². The number of aromatic nitrogens is 3. The molecular weight excluding hydrogens is 387 g/mol. The second-order valence-corrected chi connectivity index (χ2v) is 13.5. The van der Waals surface area contributed by atoms with Gasteiger partial charge in [-0.25, -0.2) is 9.37 Å². The lowest BCUT2D eigenvalue weighted by atomic mass is 10.2. The third-order valence-electron chi connectivity index (χ3n) is 5.49. The summed E-state index contributed by atoms with van der Waals surface area (Å²) in [5.41, 5.74) is 7.43. The molecule has 0 radical (unpaired) electrons. The van der Waals surface area contributed by atoms with Crippen LogP contribution in [0.1, 0.15) is 27.2 Å². The summed E-state index contributed by atoms with van der Waals surface area (Å²) in [5, 5.41) is 0.186. The van der Waals surface area contributed by atoms with Crippen molar-refractivity contribution < 1.29 is 13.6 Å². The third kappa shape index (κ3) is 4.76. The maximum Gasteiger partial charge on any atom is 0.247 e. The van der Waals surface area contributed by atoms with E-state index < -0.39 is 14.1 Å². The van der Waals surface area contributed by atoms with Crippen molar-refractivity contribution in [3.8, 4) is 11.6 Å². The van der Waals surface area contributed by atoms with Crippen molar-refractivity contribution in [1.82, 2.24) is 14.5 Å². The minimum Gasteiger partial charge on any atom is -0.434 e. The fourth-order valence-electron chi connectivity index (χ4n) is 2.75. The Bertz CT molecular complexity index is 998. The summed E-state index contributed by atoms with van der Waals surface area (Å²) in [6.45, 7) is 12.6. The number of benzene rings is 1.